The van der Waals surface area contributed by atoms with Gasteiger partial charge in [0.2, 0.25) is 0 Å². The molecule has 2 nitrogen and oxygen atoms in total. The van der Waals surface area contributed by atoms with Gasteiger partial charge in [-0.25, -0.2) is 13.8 Å². The van der Waals surface area contributed by atoms with Gasteiger partial charge in [0.05, 0.1) is 4.88 Å². The van der Waals surface area contributed by atoms with Crippen molar-refractivity contribution in [2.24, 2.45) is 0 Å². The Morgan fingerprint density at radius 2 is 2.21 bits per heavy atom. The second-order valence-electron chi connectivity index (χ2n) is 2.65. The lowest BCUT2D eigenvalue weighted by Crippen LogP contribution is -1.78. The van der Waals surface area contributed by atoms with Crippen LogP contribution in [0.1, 0.15) is 17.0 Å². The van der Waals surface area contributed by atoms with E-state index in [1.165, 1.54) is 12.1 Å². The normalized spacial score (nSPS) is 10.7. The third-order valence-corrected chi connectivity index (χ3v) is 2.78. The topological polar surface area (TPSA) is 36.7 Å². The van der Waals surface area contributed by atoms with Crippen LogP contribution in [0.15, 0.2) is 18.2 Å². The highest BCUT2D eigenvalue weighted by molar-refractivity contribution is 7.18. The first-order valence-electron chi connectivity index (χ1n) is 3.79. The van der Waals surface area contributed by atoms with Gasteiger partial charge in [-0.2, -0.15) is 5.26 Å². The van der Waals surface area contributed by atoms with Crippen molar-refractivity contribution >= 4 is 21.6 Å². The number of hydrogen-bond donors (Lipinski definition) is 0. The van der Waals surface area contributed by atoms with E-state index in [1.54, 1.807) is 6.07 Å². The molecule has 0 bridgehead atoms. The van der Waals surface area contributed by atoms with E-state index in [2.05, 4.69) is 4.98 Å². The van der Waals surface area contributed by atoms with Crippen LogP contribution in [0.2, 0.25) is 0 Å². The minimum atomic E-state index is -2.47. The first kappa shape index (κ1) is 9.03. The van der Waals surface area contributed by atoms with Gasteiger partial charge in [-0.15, -0.1) is 11.3 Å². The molecule has 2 rings (SSSR count). The minimum absolute atomic E-state index is 0.0115. The number of hydrogen-bond acceptors (Lipinski definition) is 3. The fourth-order valence-electron chi connectivity index (χ4n) is 1.11. The van der Waals surface area contributed by atoms with Crippen LogP contribution in [0.25, 0.3) is 10.2 Å². The van der Waals surface area contributed by atoms with Crippen molar-refractivity contribution in [3.63, 3.8) is 0 Å². The van der Waals surface area contributed by atoms with Gasteiger partial charge in [0.1, 0.15) is 16.6 Å². The fourth-order valence-corrected chi connectivity index (χ4v) is 1.99. The zero-order valence-corrected chi connectivity index (χ0v) is 7.68. The highest BCUT2D eigenvalue weighted by Gasteiger charge is 2.12. The van der Waals surface area contributed by atoms with E-state index >= 15 is 0 Å². The van der Waals surface area contributed by atoms with E-state index in [-0.39, 0.29) is 10.6 Å². The Kier molecular flexibility index (Phi) is 2.14. The maximum absolute atomic E-state index is 12.3. The lowest BCUT2D eigenvalue weighted by molar-refractivity contribution is 0.156. The quantitative estimate of drug-likeness (QED) is 0.725. The van der Waals surface area contributed by atoms with Gasteiger partial charge >= 0.3 is 0 Å². The molecule has 2 aromatic heterocycles. The molecule has 0 spiro atoms. The number of thiophene rings is 1. The van der Waals surface area contributed by atoms with E-state index in [0.717, 1.165) is 11.3 Å². The molecule has 14 heavy (non-hydrogen) atoms. The standard InChI is InChI=1S/C9H4F2N2S/c10-8(11)7-3-5-1-2-6(4-12)13-9(5)14-7/h1-3,8H. The first-order valence-corrected chi connectivity index (χ1v) is 4.61. The molecule has 0 aliphatic rings. The number of fused-ring (bicyclic) bond motifs is 1. The highest BCUT2D eigenvalue weighted by Crippen LogP contribution is 2.31. The van der Waals surface area contributed by atoms with Crippen LogP contribution >= 0.6 is 11.3 Å². The number of pyridine rings is 1. The summed E-state index contributed by atoms with van der Waals surface area (Å²) in [6.45, 7) is 0. The summed E-state index contributed by atoms with van der Waals surface area (Å²) >= 11 is 0.923. The Bertz CT molecular complexity index is 513. The van der Waals surface area contributed by atoms with Crippen molar-refractivity contribution in [3.05, 3.63) is 28.8 Å². The number of halogens is 2. The molecule has 0 N–H and O–H groups in total. The van der Waals surface area contributed by atoms with Gasteiger partial charge < -0.3 is 0 Å². The Morgan fingerprint density at radius 1 is 1.43 bits per heavy atom. The Labute approximate surface area is 82.4 Å². The predicted molar refractivity (Wildman–Crippen MR) is 49.3 cm³/mol. The molecule has 0 atom stereocenters. The average Bonchev–Trinajstić information content (AvgIpc) is 2.59. The number of rotatable bonds is 1. The zero-order valence-electron chi connectivity index (χ0n) is 6.87. The van der Waals surface area contributed by atoms with Crippen molar-refractivity contribution in [1.82, 2.24) is 4.98 Å². The van der Waals surface area contributed by atoms with Crippen LogP contribution in [-0.4, -0.2) is 4.98 Å². The summed E-state index contributed by atoms with van der Waals surface area (Å²) in [5.74, 6) is 0. The molecule has 5 heteroatoms. The van der Waals surface area contributed by atoms with Crippen molar-refractivity contribution in [2.75, 3.05) is 0 Å². The SMILES string of the molecule is N#Cc1ccc2cc(C(F)F)sc2n1. The maximum atomic E-state index is 12.3. The monoisotopic (exact) mass is 210 g/mol. The Balaban J connectivity index is 2.61. The molecule has 2 aromatic rings. The molecule has 0 saturated heterocycles. The van der Waals surface area contributed by atoms with Crippen molar-refractivity contribution < 1.29 is 8.78 Å². The second kappa shape index (κ2) is 3.31. The van der Waals surface area contributed by atoms with E-state index in [1.807, 2.05) is 6.07 Å². The highest BCUT2D eigenvalue weighted by atomic mass is 32.1. The molecule has 0 radical (unpaired) electrons. The summed E-state index contributed by atoms with van der Waals surface area (Å²) in [6, 6.07) is 6.41. The van der Waals surface area contributed by atoms with Gasteiger partial charge in [-0.05, 0) is 18.2 Å². The Morgan fingerprint density at radius 3 is 2.86 bits per heavy atom. The summed E-state index contributed by atoms with van der Waals surface area (Å²) in [5, 5.41) is 9.21. The van der Waals surface area contributed by atoms with Crippen molar-refractivity contribution in [1.29, 1.82) is 5.26 Å². The third-order valence-electron chi connectivity index (χ3n) is 1.73. The molecule has 2 heterocycles. The molecular formula is C9H4F2N2S. The van der Waals surface area contributed by atoms with Crippen LogP contribution < -0.4 is 0 Å². The largest absolute Gasteiger partial charge is 0.272 e. The summed E-state index contributed by atoms with van der Waals surface area (Å²) < 4.78 is 24.6. The maximum Gasteiger partial charge on any atom is 0.272 e. The van der Waals surface area contributed by atoms with Crippen LogP contribution in [0.4, 0.5) is 8.78 Å². The summed E-state index contributed by atoms with van der Waals surface area (Å²) in [5.41, 5.74) is 0.250. The number of nitriles is 1. The van der Waals surface area contributed by atoms with E-state index < -0.39 is 6.43 Å². The average molecular weight is 210 g/mol. The second-order valence-corrected chi connectivity index (χ2v) is 3.71. The van der Waals surface area contributed by atoms with Gasteiger partial charge in [0.25, 0.3) is 6.43 Å². The molecule has 70 valence electrons. The number of alkyl halides is 2. The van der Waals surface area contributed by atoms with Gasteiger partial charge in [0.15, 0.2) is 0 Å². The van der Waals surface area contributed by atoms with E-state index in [0.29, 0.717) is 10.2 Å². The fraction of sp³-hybridized carbons (Fsp3) is 0.111. The zero-order chi connectivity index (χ0) is 10.1. The molecule has 0 amide bonds. The van der Waals surface area contributed by atoms with Crippen LogP contribution in [-0.2, 0) is 0 Å². The molecular weight excluding hydrogens is 206 g/mol. The number of aromatic nitrogens is 1. The first-order chi connectivity index (χ1) is 6.70. The molecule has 0 aromatic carbocycles. The van der Waals surface area contributed by atoms with Crippen molar-refractivity contribution in [3.8, 4) is 6.07 Å². The van der Waals surface area contributed by atoms with Crippen molar-refractivity contribution in [2.45, 2.75) is 6.43 Å². The molecule has 0 aliphatic heterocycles. The van der Waals surface area contributed by atoms with Gasteiger partial charge in [-0.3, -0.25) is 0 Å². The summed E-state index contributed by atoms with van der Waals surface area (Å²) in [6.07, 6.45) is -2.47. The predicted octanol–water partition coefficient (Wildman–Crippen LogP) is 3.11. The molecule has 0 fully saturated rings. The smallest absolute Gasteiger partial charge is 0.226 e. The van der Waals surface area contributed by atoms with Crippen LogP contribution in [0.5, 0.6) is 0 Å². The third kappa shape index (κ3) is 1.44. The summed E-state index contributed by atoms with van der Waals surface area (Å²) in [4.78, 5) is 4.39. The van der Waals surface area contributed by atoms with E-state index in [4.69, 9.17) is 5.26 Å². The van der Waals surface area contributed by atoms with E-state index in [9.17, 15) is 8.78 Å². The van der Waals surface area contributed by atoms with Crippen LogP contribution in [0, 0.1) is 11.3 Å². The number of nitrogens with zero attached hydrogens (tertiary/aromatic N) is 2. The van der Waals surface area contributed by atoms with Gasteiger partial charge in [-0.1, -0.05) is 0 Å². The molecule has 0 aliphatic carbocycles. The summed E-state index contributed by atoms with van der Waals surface area (Å²) in [7, 11) is 0. The Hall–Kier alpha value is -1.54. The van der Waals surface area contributed by atoms with Gasteiger partial charge in [0, 0.05) is 5.39 Å². The van der Waals surface area contributed by atoms with Crippen LogP contribution in [0.3, 0.4) is 0 Å². The molecule has 0 saturated carbocycles. The lowest BCUT2D eigenvalue weighted by atomic mass is 10.3. The lowest BCUT2D eigenvalue weighted by Gasteiger charge is -1.87. The minimum Gasteiger partial charge on any atom is -0.226 e. The molecule has 0 unspecified atom stereocenters.